The molecule has 2 N–H and O–H groups in total. The number of carbonyl (C=O) groups is 1. The molecule has 0 bridgehead atoms. The van der Waals surface area contributed by atoms with Gasteiger partial charge in [0, 0.05) is 17.7 Å². The third kappa shape index (κ3) is 5.74. The van der Waals surface area contributed by atoms with Gasteiger partial charge in [-0.15, -0.1) is 0 Å². The fourth-order valence-corrected chi connectivity index (χ4v) is 2.17. The highest BCUT2D eigenvalue weighted by atomic mass is 19.1. The molecule has 0 unspecified atom stereocenters. The Morgan fingerprint density at radius 2 is 1.92 bits per heavy atom. The Bertz CT molecular complexity index is 789. The first-order valence-electron chi connectivity index (χ1n) is 8.18. The van der Waals surface area contributed by atoms with Crippen molar-refractivity contribution < 1.29 is 14.3 Å². The largest absolute Gasteiger partial charge is 0.480 e. The summed E-state index contributed by atoms with van der Waals surface area (Å²) in [5.74, 6) is 4.27. The molecule has 0 saturated carbocycles. The van der Waals surface area contributed by atoms with Crippen LogP contribution < -0.4 is 5.32 Å². The Balaban J connectivity index is 1.97. The molecule has 0 aromatic heterocycles. The zero-order valence-corrected chi connectivity index (χ0v) is 14.5. The molecule has 0 amide bonds. The van der Waals surface area contributed by atoms with E-state index in [-0.39, 0.29) is 5.82 Å². The van der Waals surface area contributed by atoms with Crippen molar-refractivity contribution >= 4 is 5.97 Å². The van der Waals surface area contributed by atoms with E-state index in [4.69, 9.17) is 5.11 Å². The van der Waals surface area contributed by atoms with Gasteiger partial charge in [0.25, 0.3) is 0 Å². The first-order valence-corrected chi connectivity index (χ1v) is 8.18. The topological polar surface area (TPSA) is 49.3 Å². The van der Waals surface area contributed by atoms with Crippen LogP contribution in [-0.2, 0) is 17.8 Å². The molecule has 130 valence electrons. The fraction of sp³-hybridized carbons (Fsp3) is 0.286. The molecule has 2 rings (SSSR count). The minimum Gasteiger partial charge on any atom is -0.480 e. The number of halogens is 1. The molecule has 0 atom stereocenters. The molecule has 0 aliphatic heterocycles. The summed E-state index contributed by atoms with van der Waals surface area (Å²) in [6.07, 6.45) is 0.870. The van der Waals surface area contributed by atoms with Crippen molar-refractivity contribution in [2.24, 2.45) is 5.41 Å². The van der Waals surface area contributed by atoms with Crippen molar-refractivity contribution in [3.63, 3.8) is 0 Å². The summed E-state index contributed by atoms with van der Waals surface area (Å²) in [5.41, 5.74) is 1.22. The summed E-state index contributed by atoms with van der Waals surface area (Å²) in [6.45, 7) is 4.22. The van der Waals surface area contributed by atoms with Crippen LogP contribution in [0.5, 0.6) is 0 Å². The van der Waals surface area contributed by atoms with E-state index >= 15 is 0 Å². The maximum absolute atomic E-state index is 13.9. The van der Waals surface area contributed by atoms with E-state index < -0.39 is 11.4 Å². The predicted octanol–water partition coefficient (Wildman–Crippen LogP) is 3.62. The molecule has 0 saturated heterocycles. The minimum absolute atomic E-state index is 0.296. The Morgan fingerprint density at radius 1 is 1.20 bits per heavy atom. The lowest BCUT2D eigenvalue weighted by Crippen LogP contribution is -2.21. The quantitative estimate of drug-likeness (QED) is 0.624. The maximum atomic E-state index is 13.9. The summed E-state index contributed by atoms with van der Waals surface area (Å²) >= 11 is 0. The first kappa shape index (κ1) is 18.7. The molecule has 0 heterocycles. The van der Waals surface area contributed by atoms with E-state index in [1.807, 2.05) is 18.2 Å². The van der Waals surface area contributed by atoms with Crippen molar-refractivity contribution in [2.75, 3.05) is 6.54 Å². The molecule has 2 aromatic carbocycles. The molecular formula is C21H22FNO2. The average Bonchev–Trinajstić information content (AvgIpc) is 2.59. The van der Waals surface area contributed by atoms with Gasteiger partial charge in [0.05, 0.1) is 0 Å². The van der Waals surface area contributed by atoms with E-state index in [1.54, 1.807) is 12.1 Å². The lowest BCUT2D eigenvalue weighted by molar-refractivity contribution is -0.143. The Hall–Kier alpha value is -2.64. The van der Waals surface area contributed by atoms with Crippen LogP contribution in [0.1, 0.15) is 30.5 Å². The predicted molar refractivity (Wildman–Crippen MR) is 96.5 cm³/mol. The smallest absolute Gasteiger partial charge is 0.321 e. The SMILES string of the molecule is CC(C)(C#Cc1ccc(F)c(CNCCc2ccccc2)c1)C(=O)O. The molecule has 0 spiro atoms. The van der Waals surface area contributed by atoms with Gasteiger partial charge in [-0.25, -0.2) is 4.39 Å². The van der Waals surface area contributed by atoms with Gasteiger partial charge in [-0.05, 0) is 50.6 Å². The van der Waals surface area contributed by atoms with E-state index in [9.17, 15) is 9.18 Å². The van der Waals surface area contributed by atoms with Crippen molar-refractivity contribution in [3.05, 3.63) is 71.0 Å². The molecule has 2 aromatic rings. The normalized spacial score (nSPS) is 10.8. The highest BCUT2D eigenvalue weighted by molar-refractivity contribution is 5.77. The summed E-state index contributed by atoms with van der Waals surface area (Å²) in [7, 11) is 0. The molecule has 0 aliphatic rings. The number of carboxylic acid groups (broad SMARTS) is 1. The summed E-state index contributed by atoms with van der Waals surface area (Å²) in [6, 6.07) is 14.7. The van der Waals surface area contributed by atoms with E-state index in [2.05, 4.69) is 29.3 Å². The summed E-state index contributed by atoms with van der Waals surface area (Å²) < 4.78 is 13.9. The molecule has 0 aliphatic carbocycles. The number of rotatable bonds is 6. The molecular weight excluding hydrogens is 317 g/mol. The number of nitrogens with one attached hydrogen (secondary N) is 1. The van der Waals surface area contributed by atoms with Crippen LogP contribution in [0, 0.1) is 23.1 Å². The van der Waals surface area contributed by atoms with Crippen LogP contribution in [0.25, 0.3) is 0 Å². The van der Waals surface area contributed by atoms with Crippen LogP contribution in [0.4, 0.5) is 4.39 Å². The fourth-order valence-electron chi connectivity index (χ4n) is 2.17. The third-order valence-corrected chi connectivity index (χ3v) is 3.85. The van der Waals surface area contributed by atoms with Crippen LogP contribution in [0.2, 0.25) is 0 Å². The molecule has 0 radical (unpaired) electrons. The first-order chi connectivity index (χ1) is 11.9. The number of benzene rings is 2. The highest BCUT2D eigenvalue weighted by Gasteiger charge is 2.23. The monoisotopic (exact) mass is 339 g/mol. The minimum atomic E-state index is -1.14. The van der Waals surface area contributed by atoms with E-state index in [0.717, 1.165) is 13.0 Å². The van der Waals surface area contributed by atoms with Gasteiger partial charge < -0.3 is 10.4 Å². The molecule has 3 nitrogen and oxygen atoms in total. The lowest BCUT2D eigenvalue weighted by atomic mass is 9.94. The lowest BCUT2D eigenvalue weighted by Gasteiger charge is -2.10. The van der Waals surface area contributed by atoms with Crippen LogP contribution in [0.15, 0.2) is 48.5 Å². The van der Waals surface area contributed by atoms with Gasteiger partial charge >= 0.3 is 5.97 Å². The zero-order valence-electron chi connectivity index (χ0n) is 14.5. The Morgan fingerprint density at radius 3 is 2.60 bits per heavy atom. The standard InChI is InChI=1S/C21H22FNO2/c1-21(2,20(24)25)12-10-17-8-9-19(22)18(14-17)15-23-13-11-16-6-4-3-5-7-16/h3-9,14,23H,11,13,15H2,1-2H3,(H,24,25). The zero-order chi connectivity index (χ0) is 18.3. The van der Waals surface area contributed by atoms with Gasteiger partial charge in [-0.1, -0.05) is 42.2 Å². The van der Waals surface area contributed by atoms with Crippen molar-refractivity contribution in [3.8, 4) is 11.8 Å². The number of hydrogen-bond acceptors (Lipinski definition) is 2. The molecule has 4 heteroatoms. The molecule has 0 fully saturated rings. The van der Waals surface area contributed by atoms with Gasteiger partial charge in [-0.3, -0.25) is 4.79 Å². The second-order valence-corrected chi connectivity index (χ2v) is 6.40. The summed E-state index contributed by atoms with van der Waals surface area (Å²) in [5, 5.41) is 12.3. The van der Waals surface area contributed by atoms with Crippen LogP contribution >= 0.6 is 0 Å². The van der Waals surface area contributed by atoms with Gasteiger partial charge in [0.1, 0.15) is 11.2 Å². The van der Waals surface area contributed by atoms with Crippen LogP contribution in [0.3, 0.4) is 0 Å². The van der Waals surface area contributed by atoms with Gasteiger partial charge in [-0.2, -0.15) is 0 Å². The van der Waals surface area contributed by atoms with Crippen LogP contribution in [-0.4, -0.2) is 17.6 Å². The van der Waals surface area contributed by atoms with E-state index in [0.29, 0.717) is 17.7 Å². The number of carboxylic acids is 1. The molecule has 25 heavy (non-hydrogen) atoms. The average molecular weight is 339 g/mol. The van der Waals surface area contributed by atoms with Crippen molar-refractivity contribution in [1.82, 2.24) is 5.32 Å². The number of hydrogen-bond donors (Lipinski definition) is 2. The Labute approximate surface area is 147 Å². The third-order valence-electron chi connectivity index (χ3n) is 3.85. The maximum Gasteiger partial charge on any atom is 0.321 e. The summed E-state index contributed by atoms with van der Waals surface area (Å²) in [4.78, 5) is 11.1. The van der Waals surface area contributed by atoms with Gasteiger partial charge in [0.2, 0.25) is 0 Å². The Kier molecular flexibility index (Phi) is 6.32. The number of aliphatic carboxylic acids is 1. The van der Waals surface area contributed by atoms with Crippen molar-refractivity contribution in [2.45, 2.75) is 26.8 Å². The second-order valence-electron chi connectivity index (χ2n) is 6.40. The highest BCUT2D eigenvalue weighted by Crippen LogP contribution is 2.15. The van der Waals surface area contributed by atoms with Gasteiger partial charge in [0.15, 0.2) is 0 Å². The van der Waals surface area contributed by atoms with E-state index in [1.165, 1.54) is 25.5 Å². The second kappa shape index (κ2) is 8.46. The van der Waals surface area contributed by atoms with Crippen molar-refractivity contribution in [1.29, 1.82) is 0 Å².